The minimum absolute atomic E-state index is 0.243. The molecule has 9 heteroatoms. The molecule has 0 aliphatic heterocycles. The summed E-state index contributed by atoms with van der Waals surface area (Å²) in [5, 5.41) is 0. The number of halogens is 7. The molecular formula is C19H31F7O2. The highest BCUT2D eigenvalue weighted by Gasteiger charge is 2.73. The Hall–Kier alpha value is -1.02. The maximum atomic E-state index is 13.1. The Morgan fingerprint density at radius 3 is 1.71 bits per heavy atom. The summed E-state index contributed by atoms with van der Waals surface area (Å²) >= 11 is 0. The molecular weight excluding hydrogens is 393 g/mol. The summed E-state index contributed by atoms with van der Waals surface area (Å²) < 4.78 is 91.7. The van der Waals surface area contributed by atoms with Crippen molar-refractivity contribution >= 4 is 5.97 Å². The zero-order chi connectivity index (χ0) is 22.2. The van der Waals surface area contributed by atoms with E-state index >= 15 is 0 Å². The maximum Gasteiger partial charge on any atom is 0.460 e. The lowest BCUT2D eigenvalue weighted by Gasteiger charge is -2.27. The van der Waals surface area contributed by atoms with Gasteiger partial charge in [-0.1, -0.05) is 66.2 Å². The van der Waals surface area contributed by atoms with Gasteiger partial charge in [0.1, 0.15) is 0 Å². The van der Waals surface area contributed by atoms with Crippen molar-refractivity contribution in [3.8, 4) is 0 Å². The van der Waals surface area contributed by atoms with E-state index in [1.807, 2.05) is 0 Å². The Bertz CT molecular complexity index is 462. The van der Waals surface area contributed by atoms with Gasteiger partial charge in [-0.15, -0.1) is 0 Å². The molecule has 0 N–H and O–H groups in total. The lowest BCUT2D eigenvalue weighted by atomic mass is 9.93. The normalized spacial score (nSPS) is 15.6. The quantitative estimate of drug-likeness (QED) is 0.235. The SMILES string of the molecule is CC(C)CCCC(C)CCCC(C)CC(=O)OCC(F)(F)C(F)(F)C(F)(F)F. The summed E-state index contributed by atoms with van der Waals surface area (Å²) in [6, 6.07) is 0. The van der Waals surface area contributed by atoms with Crippen LogP contribution >= 0.6 is 0 Å². The number of hydrogen-bond acceptors (Lipinski definition) is 2. The Morgan fingerprint density at radius 1 is 0.786 bits per heavy atom. The fourth-order valence-corrected chi connectivity index (χ4v) is 2.75. The molecule has 0 saturated carbocycles. The van der Waals surface area contributed by atoms with Gasteiger partial charge in [0.15, 0.2) is 6.61 Å². The molecule has 0 rings (SSSR count). The number of ether oxygens (including phenoxy) is 1. The Balaban J connectivity index is 4.19. The number of rotatable bonds is 13. The van der Waals surface area contributed by atoms with Gasteiger partial charge in [0.2, 0.25) is 0 Å². The summed E-state index contributed by atoms with van der Waals surface area (Å²) in [6.45, 7) is 5.81. The largest absolute Gasteiger partial charge is 0.460 e. The predicted molar refractivity (Wildman–Crippen MR) is 92.4 cm³/mol. The second kappa shape index (κ2) is 11.2. The zero-order valence-electron chi connectivity index (χ0n) is 16.9. The molecule has 2 atom stereocenters. The van der Waals surface area contributed by atoms with Crippen LogP contribution in [0.2, 0.25) is 0 Å². The predicted octanol–water partition coefficient (Wildman–Crippen LogP) is 7.02. The highest BCUT2D eigenvalue weighted by atomic mass is 19.4. The van der Waals surface area contributed by atoms with Gasteiger partial charge in [0.25, 0.3) is 0 Å². The van der Waals surface area contributed by atoms with Crippen LogP contribution in [0.15, 0.2) is 0 Å². The van der Waals surface area contributed by atoms with E-state index in [4.69, 9.17) is 0 Å². The van der Waals surface area contributed by atoms with Crippen molar-refractivity contribution in [2.24, 2.45) is 17.8 Å². The molecule has 0 aromatic heterocycles. The molecule has 2 unspecified atom stereocenters. The van der Waals surface area contributed by atoms with Gasteiger partial charge >= 0.3 is 24.0 Å². The Labute approximate surface area is 162 Å². The smallest absolute Gasteiger partial charge is 0.459 e. The number of carbonyl (C=O) groups is 1. The fourth-order valence-electron chi connectivity index (χ4n) is 2.75. The molecule has 0 aliphatic carbocycles. The van der Waals surface area contributed by atoms with Gasteiger partial charge in [-0.3, -0.25) is 4.79 Å². The van der Waals surface area contributed by atoms with E-state index < -0.39 is 30.6 Å². The Morgan fingerprint density at radius 2 is 1.25 bits per heavy atom. The standard InChI is InChI=1S/C19H31F7O2/c1-13(2)7-5-8-14(3)9-6-10-15(4)11-16(27)28-12-17(20,21)18(22,23)19(24,25)26/h13-15H,5-12H2,1-4H3. The fraction of sp³-hybridized carbons (Fsp3) is 0.947. The minimum Gasteiger partial charge on any atom is -0.459 e. The van der Waals surface area contributed by atoms with Crippen molar-refractivity contribution in [2.75, 3.05) is 6.61 Å². The first-order valence-electron chi connectivity index (χ1n) is 9.58. The average molecular weight is 424 g/mol. The van der Waals surface area contributed by atoms with E-state index in [1.54, 1.807) is 6.92 Å². The number of alkyl halides is 7. The molecule has 0 radical (unpaired) electrons. The number of carbonyl (C=O) groups excluding carboxylic acids is 1. The lowest BCUT2D eigenvalue weighted by molar-refractivity contribution is -0.359. The van der Waals surface area contributed by atoms with E-state index in [0.717, 1.165) is 32.1 Å². The van der Waals surface area contributed by atoms with E-state index in [9.17, 15) is 35.5 Å². The molecule has 0 fully saturated rings. The molecule has 168 valence electrons. The third-order valence-corrected chi connectivity index (χ3v) is 4.62. The summed E-state index contributed by atoms with van der Waals surface area (Å²) in [7, 11) is 0. The van der Waals surface area contributed by atoms with Crippen LogP contribution in [-0.2, 0) is 9.53 Å². The molecule has 0 aromatic carbocycles. The van der Waals surface area contributed by atoms with Gasteiger partial charge in [-0.05, 0) is 17.8 Å². The van der Waals surface area contributed by atoms with E-state index in [-0.39, 0.29) is 12.3 Å². The van der Waals surface area contributed by atoms with Gasteiger partial charge in [-0.25, -0.2) is 0 Å². The highest BCUT2D eigenvalue weighted by Crippen LogP contribution is 2.46. The molecule has 0 bridgehead atoms. The zero-order valence-corrected chi connectivity index (χ0v) is 16.9. The summed E-state index contributed by atoms with van der Waals surface area (Å²) in [5.74, 6) is -12.1. The summed E-state index contributed by atoms with van der Waals surface area (Å²) in [5.41, 5.74) is 0. The van der Waals surface area contributed by atoms with Crippen molar-refractivity contribution in [1.82, 2.24) is 0 Å². The molecule has 0 heterocycles. The highest BCUT2D eigenvalue weighted by molar-refractivity contribution is 5.69. The second-order valence-corrected chi connectivity index (χ2v) is 8.11. The van der Waals surface area contributed by atoms with Crippen molar-refractivity contribution < 1.29 is 40.3 Å². The molecule has 0 aliphatic rings. The van der Waals surface area contributed by atoms with Crippen LogP contribution < -0.4 is 0 Å². The summed E-state index contributed by atoms with van der Waals surface area (Å²) in [6.07, 6.45) is -0.998. The number of esters is 1. The topological polar surface area (TPSA) is 26.3 Å². The van der Waals surface area contributed by atoms with Gasteiger partial charge < -0.3 is 4.74 Å². The average Bonchev–Trinajstić information content (AvgIpc) is 2.51. The minimum atomic E-state index is -6.43. The lowest BCUT2D eigenvalue weighted by Crippen LogP contribution is -2.54. The molecule has 28 heavy (non-hydrogen) atoms. The van der Waals surface area contributed by atoms with Crippen LogP contribution in [0, 0.1) is 17.8 Å². The third-order valence-electron chi connectivity index (χ3n) is 4.62. The molecule has 0 spiro atoms. The van der Waals surface area contributed by atoms with Crippen molar-refractivity contribution in [3.63, 3.8) is 0 Å². The van der Waals surface area contributed by atoms with E-state index in [1.165, 1.54) is 0 Å². The maximum absolute atomic E-state index is 13.1. The van der Waals surface area contributed by atoms with Gasteiger partial charge in [0, 0.05) is 6.42 Å². The van der Waals surface area contributed by atoms with Crippen LogP contribution in [0.25, 0.3) is 0 Å². The van der Waals surface area contributed by atoms with Gasteiger partial charge in [0.05, 0.1) is 0 Å². The molecule has 0 amide bonds. The van der Waals surface area contributed by atoms with Crippen LogP contribution in [0.4, 0.5) is 30.7 Å². The first kappa shape index (κ1) is 27.0. The molecule has 0 aromatic rings. The van der Waals surface area contributed by atoms with Gasteiger partial charge in [-0.2, -0.15) is 30.7 Å². The second-order valence-electron chi connectivity index (χ2n) is 8.11. The first-order chi connectivity index (χ1) is 12.6. The number of hydrogen-bond donors (Lipinski definition) is 0. The van der Waals surface area contributed by atoms with Crippen molar-refractivity contribution in [2.45, 2.75) is 90.7 Å². The monoisotopic (exact) mass is 424 g/mol. The summed E-state index contributed by atoms with van der Waals surface area (Å²) in [4.78, 5) is 11.5. The van der Waals surface area contributed by atoms with Crippen molar-refractivity contribution in [3.05, 3.63) is 0 Å². The van der Waals surface area contributed by atoms with Crippen LogP contribution in [0.1, 0.15) is 72.6 Å². The first-order valence-corrected chi connectivity index (χ1v) is 9.58. The van der Waals surface area contributed by atoms with E-state index in [0.29, 0.717) is 18.3 Å². The third kappa shape index (κ3) is 9.45. The van der Waals surface area contributed by atoms with Crippen LogP contribution in [0.3, 0.4) is 0 Å². The van der Waals surface area contributed by atoms with E-state index in [2.05, 4.69) is 25.5 Å². The molecule has 2 nitrogen and oxygen atoms in total. The molecule has 0 saturated heterocycles. The Kier molecular flexibility index (Phi) is 10.8. The van der Waals surface area contributed by atoms with Crippen LogP contribution in [0.5, 0.6) is 0 Å². The van der Waals surface area contributed by atoms with Crippen LogP contribution in [-0.4, -0.2) is 30.6 Å². The van der Waals surface area contributed by atoms with Crippen molar-refractivity contribution in [1.29, 1.82) is 0 Å².